The van der Waals surface area contributed by atoms with Gasteiger partial charge in [0.2, 0.25) is 0 Å². The summed E-state index contributed by atoms with van der Waals surface area (Å²) >= 11 is 0. The number of nitro groups is 2. The molecule has 0 saturated heterocycles. The van der Waals surface area contributed by atoms with E-state index in [1.807, 2.05) is 20.8 Å². The normalized spacial score (nSPS) is 31.8. The molecule has 0 radical (unpaired) electrons. The van der Waals surface area contributed by atoms with Crippen molar-refractivity contribution in [2.45, 2.75) is 52.7 Å². The molecule has 0 aliphatic heterocycles. The molecule has 2 aromatic rings. The second-order valence-corrected chi connectivity index (χ2v) is 12.1. The molecule has 5 saturated carbocycles. The van der Waals surface area contributed by atoms with Gasteiger partial charge in [0.25, 0.3) is 11.4 Å². The SMILES string of the molecule is C[C@@H]1CC(=O)[C@@H]2[C@@H]3[C@H]1[C@@]2(C)C[C@H](OC(=O)c1ccc([N+](=O)[O-])cc1)[C@@H](OC(=O)c1ccc([N+](=O)[O-])cc1)C3(C)C. The van der Waals surface area contributed by atoms with Crippen molar-refractivity contribution in [1.29, 1.82) is 0 Å². The number of hydrogen-bond acceptors (Lipinski definition) is 9. The quantitative estimate of drug-likeness (QED) is 0.269. The molecular weight excluding hydrogens is 520 g/mol. The van der Waals surface area contributed by atoms with Gasteiger partial charge < -0.3 is 9.47 Å². The van der Waals surface area contributed by atoms with Gasteiger partial charge in [-0.3, -0.25) is 25.0 Å². The first kappa shape index (κ1) is 27.4. The summed E-state index contributed by atoms with van der Waals surface area (Å²) in [5, 5.41) is 22.1. The molecule has 0 heterocycles. The Morgan fingerprint density at radius 2 is 1.30 bits per heavy atom. The third-order valence-corrected chi connectivity index (χ3v) is 9.39. The highest BCUT2D eigenvalue weighted by molar-refractivity contribution is 5.91. The lowest BCUT2D eigenvalue weighted by Gasteiger charge is -2.67. The average Bonchev–Trinajstić information content (AvgIpc) is 3.00. The number of ether oxygens (including phenoxy) is 2. The summed E-state index contributed by atoms with van der Waals surface area (Å²) in [4.78, 5) is 60.7. The van der Waals surface area contributed by atoms with Gasteiger partial charge in [-0.25, -0.2) is 9.59 Å². The van der Waals surface area contributed by atoms with Crippen molar-refractivity contribution in [1.82, 2.24) is 0 Å². The summed E-state index contributed by atoms with van der Waals surface area (Å²) in [7, 11) is 0. The molecule has 0 aromatic heterocycles. The van der Waals surface area contributed by atoms with Gasteiger partial charge in [-0.05, 0) is 53.9 Å². The van der Waals surface area contributed by atoms with E-state index < -0.39 is 44.8 Å². The predicted octanol–water partition coefficient (Wildman–Crippen LogP) is 5.16. The molecule has 2 aromatic carbocycles. The van der Waals surface area contributed by atoms with E-state index in [0.29, 0.717) is 12.8 Å². The maximum absolute atomic E-state index is 13.3. The Balaban J connectivity index is 1.49. The van der Waals surface area contributed by atoms with Crippen molar-refractivity contribution in [3.8, 4) is 0 Å². The zero-order chi connectivity index (χ0) is 29.1. The maximum Gasteiger partial charge on any atom is 0.338 e. The molecule has 4 bridgehead atoms. The van der Waals surface area contributed by atoms with Gasteiger partial charge in [0, 0.05) is 42.0 Å². The molecule has 0 N–H and O–H groups in total. The third-order valence-electron chi connectivity index (χ3n) is 9.39. The van der Waals surface area contributed by atoms with Crippen molar-refractivity contribution < 1.29 is 33.7 Å². The van der Waals surface area contributed by atoms with Crippen LogP contribution in [0.25, 0.3) is 0 Å². The average molecular weight is 551 g/mol. The monoisotopic (exact) mass is 550 g/mol. The van der Waals surface area contributed by atoms with Crippen LogP contribution in [0.2, 0.25) is 0 Å². The lowest BCUT2D eigenvalue weighted by Crippen LogP contribution is -2.67. The number of carbonyl (C=O) groups excluding carboxylic acids is 3. The third kappa shape index (κ3) is 4.24. The number of carbonyl (C=O) groups is 3. The highest BCUT2D eigenvalue weighted by atomic mass is 16.6. The Hall–Kier alpha value is -4.15. The molecule has 0 amide bonds. The molecule has 11 nitrogen and oxygen atoms in total. The van der Waals surface area contributed by atoms with Crippen LogP contribution in [0.3, 0.4) is 0 Å². The zero-order valence-corrected chi connectivity index (χ0v) is 22.6. The number of non-ortho nitro benzene ring substituents is 2. The van der Waals surface area contributed by atoms with Crippen LogP contribution < -0.4 is 0 Å². The van der Waals surface area contributed by atoms with E-state index in [2.05, 4.69) is 6.92 Å². The smallest absolute Gasteiger partial charge is 0.338 e. The minimum Gasteiger partial charge on any atom is -0.455 e. The molecular formula is C29H30N2O9. The van der Waals surface area contributed by atoms with Crippen LogP contribution in [0.1, 0.15) is 61.3 Å². The fourth-order valence-electron chi connectivity index (χ4n) is 7.78. The summed E-state index contributed by atoms with van der Waals surface area (Å²) in [6.45, 7) is 7.94. The van der Waals surface area contributed by atoms with Crippen LogP contribution in [-0.4, -0.2) is 39.8 Å². The second kappa shape index (κ2) is 9.50. The van der Waals surface area contributed by atoms with Crippen LogP contribution in [0, 0.1) is 54.7 Å². The molecule has 5 aliphatic rings. The first-order valence-corrected chi connectivity index (χ1v) is 13.2. The number of nitrogens with zero attached hydrogens (tertiary/aromatic N) is 2. The highest BCUT2D eigenvalue weighted by Crippen LogP contribution is 2.73. The molecule has 7 rings (SSSR count). The van der Waals surface area contributed by atoms with Crippen LogP contribution >= 0.6 is 0 Å². The number of benzene rings is 2. The first-order valence-electron chi connectivity index (χ1n) is 13.2. The Kier molecular flexibility index (Phi) is 6.51. The van der Waals surface area contributed by atoms with Gasteiger partial charge in [-0.1, -0.05) is 27.7 Å². The van der Waals surface area contributed by atoms with Crippen LogP contribution in [0.15, 0.2) is 48.5 Å². The topological polar surface area (TPSA) is 156 Å². The summed E-state index contributed by atoms with van der Waals surface area (Å²) in [6, 6.07) is 10.1. The highest BCUT2D eigenvalue weighted by Gasteiger charge is 2.74. The summed E-state index contributed by atoms with van der Waals surface area (Å²) in [5.41, 5.74) is -1.34. The predicted molar refractivity (Wildman–Crippen MR) is 140 cm³/mol. The maximum atomic E-state index is 13.3. The van der Waals surface area contributed by atoms with Gasteiger partial charge in [0.15, 0.2) is 0 Å². The number of ketones is 1. The Morgan fingerprint density at radius 1 is 0.825 bits per heavy atom. The molecule has 40 heavy (non-hydrogen) atoms. The van der Waals surface area contributed by atoms with E-state index in [4.69, 9.17) is 9.47 Å². The Labute approximate surface area is 230 Å². The fourth-order valence-corrected chi connectivity index (χ4v) is 7.78. The van der Waals surface area contributed by atoms with Crippen molar-refractivity contribution in [2.24, 2.45) is 34.5 Å². The van der Waals surface area contributed by atoms with E-state index in [-0.39, 0.29) is 52.0 Å². The Morgan fingerprint density at radius 3 is 1.75 bits per heavy atom. The molecule has 5 aliphatic carbocycles. The number of esters is 2. The number of Topliss-reactive ketones (excluding diaryl/α,β-unsaturated/α-hetero) is 1. The van der Waals surface area contributed by atoms with E-state index >= 15 is 0 Å². The van der Waals surface area contributed by atoms with Crippen LogP contribution in [0.5, 0.6) is 0 Å². The summed E-state index contributed by atoms with van der Waals surface area (Å²) < 4.78 is 12.1. The van der Waals surface area contributed by atoms with Gasteiger partial charge in [0.05, 0.1) is 21.0 Å². The van der Waals surface area contributed by atoms with Crippen LogP contribution in [0.4, 0.5) is 11.4 Å². The minimum atomic E-state index is -0.922. The molecule has 210 valence electrons. The van der Waals surface area contributed by atoms with Crippen molar-refractivity contribution in [2.75, 3.05) is 0 Å². The minimum absolute atomic E-state index is 0.0912. The second-order valence-electron chi connectivity index (χ2n) is 12.1. The number of hydrogen-bond donors (Lipinski definition) is 0. The fraction of sp³-hybridized carbons (Fsp3) is 0.483. The van der Waals surface area contributed by atoms with E-state index in [9.17, 15) is 34.6 Å². The molecule has 0 spiro atoms. The number of fused-ring (bicyclic) bond motifs is 5. The number of rotatable bonds is 6. The molecule has 7 atom stereocenters. The molecule has 5 fully saturated rings. The largest absolute Gasteiger partial charge is 0.455 e. The van der Waals surface area contributed by atoms with Gasteiger partial charge >= 0.3 is 11.9 Å². The summed E-state index contributed by atoms with van der Waals surface area (Å²) in [6.07, 6.45) is -1.04. The van der Waals surface area contributed by atoms with Gasteiger partial charge in [-0.15, -0.1) is 0 Å². The lowest BCUT2D eigenvalue weighted by molar-refractivity contribution is -0.385. The molecule has 11 heteroatoms. The van der Waals surface area contributed by atoms with Gasteiger partial charge in [0.1, 0.15) is 18.0 Å². The zero-order valence-electron chi connectivity index (χ0n) is 22.6. The molecule has 0 unspecified atom stereocenters. The van der Waals surface area contributed by atoms with Crippen molar-refractivity contribution >= 4 is 29.1 Å². The lowest BCUT2D eigenvalue weighted by atomic mass is 9.35. The van der Waals surface area contributed by atoms with Crippen molar-refractivity contribution in [3.05, 3.63) is 79.9 Å². The first-order chi connectivity index (χ1) is 18.8. The van der Waals surface area contributed by atoms with Crippen molar-refractivity contribution in [3.63, 3.8) is 0 Å². The number of nitro benzene ring substituents is 2. The van der Waals surface area contributed by atoms with Gasteiger partial charge in [-0.2, -0.15) is 0 Å². The standard InChI is InChI=1S/C29H30N2O9/c1-15-13-20(32)23-24-22(15)29(23,4)14-21(39-26(33)16-5-9-18(10-6-16)30(35)36)25(28(24,2)3)40-27(34)17-7-11-19(12-8-17)31(37)38/h5-12,15,21-25H,13-14H2,1-4H3/t15-,21+,22+,23-,24+,25-,29-/m1/s1. The van der Waals surface area contributed by atoms with E-state index in [1.54, 1.807) is 0 Å². The van der Waals surface area contributed by atoms with E-state index in [0.717, 1.165) is 0 Å². The van der Waals surface area contributed by atoms with Crippen LogP contribution in [-0.2, 0) is 14.3 Å². The summed E-state index contributed by atoms with van der Waals surface area (Å²) in [5.74, 6) is -1.36. The Bertz CT molecular complexity index is 1400. The van der Waals surface area contributed by atoms with E-state index in [1.165, 1.54) is 48.5 Å².